The number of rotatable bonds is 10. The first kappa shape index (κ1) is 49.0. The first-order valence-corrected chi connectivity index (χ1v) is 25.3. The number of fused-ring (bicyclic) bond motifs is 6. The summed E-state index contributed by atoms with van der Waals surface area (Å²) in [5.74, 6) is 3.24. The summed E-state index contributed by atoms with van der Waals surface area (Å²) in [6.45, 7) is 18.2. The van der Waals surface area contributed by atoms with Gasteiger partial charge in [-0.15, -0.1) is 23.8 Å². The summed E-state index contributed by atoms with van der Waals surface area (Å²) in [4.78, 5) is 9.66. The van der Waals surface area contributed by atoms with Crippen molar-refractivity contribution in [2.75, 3.05) is 0 Å². The molecule has 12 aromatic rings. The van der Waals surface area contributed by atoms with Gasteiger partial charge >= 0.3 is 0 Å². The molecule has 0 aliphatic rings. The largest absolute Gasteiger partial charge is 0.500 e. The Labute approximate surface area is 441 Å². The van der Waals surface area contributed by atoms with Crippen molar-refractivity contribution in [3.8, 4) is 56.4 Å². The van der Waals surface area contributed by atoms with Gasteiger partial charge < -0.3 is 13.4 Å². The maximum absolute atomic E-state index is 6.07. The molecule has 0 atom stereocenters. The Morgan fingerprint density at radius 2 is 0.795 bits per heavy atom. The smallest absolute Gasteiger partial charge is 0.144 e. The van der Waals surface area contributed by atoms with Crippen LogP contribution in [0.4, 0.5) is 0 Å². The van der Waals surface area contributed by atoms with Crippen LogP contribution in [0.15, 0.2) is 197 Å². The SMILES string of the molecule is CC(C)c1cc(-c2ccccc2)cc(C(C)C)c1-n1ccnc1-c1[c-]cc2oc3ccccc3c2c1.CC(C)c1cc(-c2ccccc2)cc(C(C)C)c1-n1ccnc1-c1ccc2oc3ccccc3c2c1.[Ir]. The fraction of sp³-hybridized carbons (Fsp3) is 0.182. The van der Waals surface area contributed by atoms with Gasteiger partial charge in [-0.1, -0.05) is 158 Å². The van der Waals surface area contributed by atoms with Gasteiger partial charge in [-0.3, -0.25) is 9.55 Å². The zero-order valence-electron chi connectivity index (χ0n) is 42.6. The van der Waals surface area contributed by atoms with Crippen molar-refractivity contribution >= 4 is 43.9 Å². The Bertz CT molecular complexity index is 3580. The van der Waals surface area contributed by atoms with E-state index < -0.39 is 0 Å². The van der Waals surface area contributed by atoms with E-state index in [1.54, 1.807) is 0 Å². The molecule has 0 N–H and O–H groups in total. The normalized spacial score (nSPS) is 11.7. The van der Waals surface area contributed by atoms with Crippen molar-refractivity contribution in [3.05, 3.63) is 217 Å². The summed E-state index contributed by atoms with van der Waals surface area (Å²) < 4.78 is 16.6. The van der Waals surface area contributed by atoms with Crippen LogP contribution >= 0.6 is 0 Å². The van der Waals surface area contributed by atoms with Crippen LogP contribution in [0.3, 0.4) is 0 Å². The molecule has 1 radical (unpaired) electrons. The molecule has 12 rings (SSSR count). The summed E-state index contributed by atoms with van der Waals surface area (Å²) in [6.07, 6.45) is 7.98. The quantitative estimate of drug-likeness (QED) is 0.128. The van der Waals surface area contributed by atoms with E-state index in [-0.39, 0.29) is 20.1 Å². The first-order valence-electron chi connectivity index (χ1n) is 25.3. The fourth-order valence-corrected chi connectivity index (χ4v) is 10.3. The van der Waals surface area contributed by atoms with Gasteiger partial charge in [0.05, 0.1) is 17.1 Å². The Morgan fingerprint density at radius 3 is 1.29 bits per heavy atom. The van der Waals surface area contributed by atoms with Crippen LogP contribution in [0.2, 0.25) is 0 Å². The van der Waals surface area contributed by atoms with Gasteiger partial charge in [-0.2, -0.15) is 0 Å². The maximum atomic E-state index is 6.07. The Balaban J connectivity index is 0.000000165. The standard InChI is InChI=1S/C33H30N2O.C33H29N2O.Ir/c2*1-21(2)27-19-25(23-10-6-5-7-11-23)20-28(22(3)4)32(27)35-17-16-34-33(35)24-14-15-31-29(18-24)26-12-8-9-13-30(26)36-31;/h5-22H,1-4H3;5-13,15-22H,1-4H3;/q;-1;. The van der Waals surface area contributed by atoms with Crippen molar-refractivity contribution in [1.29, 1.82) is 0 Å². The number of imidazole rings is 2. The Morgan fingerprint density at radius 1 is 0.384 bits per heavy atom. The maximum Gasteiger partial charge on any atom is 0.144 e. The van der Waals surface area contributed by atoms with Gasteiger partial charge in [-0.05, 0) is 123 Å². The number of aromatic nitrogens is 4. The fourth-order valence-electron chi connectivity index (χ4n) is 10.3. The molecule has 7 heteroatoms. The van der Waals surface area contributed by atoms with E-state index in [0.29, 0.717) is 23.7 Å². The molecule has 4 heterocycles. The number of nitrogens with zero attached hydrogens (tertiary/aromatic N) is 4. The van der Waals surface area contributed by atoms with E-state index in [4.69, 9.17) is 18.8 Å². The van der Waals surface area contributed by atoms with Crippen molar-refractivity contribution in [2.45, 2.75) is 79.1 Å². The van der Waals surface area contributed by atoms with E-state index >= 15 is 0 Å². The van der Waals surface area contributed by atoms with Crippen LogP contribution in [0, 0.1) is 6.07 Å². The minimum atomic E-state index is 0. The van der Waals surface area contributed by atoms with Crippen LogP contribution in [0.25, 0.3) is 100 Å². The van der Waals surface area contributed by atoms with Crippen molar-refractivity contribution in [2.24, 2.45) is 0 Å². The molecule has 0 amide bonds. The Hall–Kier alpha value is -7.57. The number of para-hydroxylation sites is 2. The van der Waals surface area contributed by atoms with E-state index in [2.05, 4.69) is 210 Å². The number of benzene rings is 8. The van der Waals surface area contributed by atoms with Gasteiger partial charge in [0.15, 0.2) is 0 Å². The predicted molar refractivity (Wildman–Crippen MR) is 299 cm³/mol. The van der Waals surface area contributed by atoms with E-state index in [1.807, 2.05) is 48.8 Å². The molecular weight excluding hydrogens is 1070 g/mol. The summed E-state index contributed by atoms with van der Waals surface area (Å²) in [7, 11) is 0. The van der Waals surface area contributed by atoms with Crippen molar-refractivity contribution < 1.29 is 28.9 Å². The molecular formula is C66H59IrN4O2-. The topological polar surface area (TPSA) is 61.9 Å². The van der Waals surface area contributed by atoms with Crippen LogP contribution in [-0.4, -0.2) is 19.1 Å². The molecule has 0 fully saturated rings. The second-order valence-corrected chi connectivity index (χ2v) is 20.1. The number of hydrogen-bond donors (Lipinski definition) is 0. The average molecular weight is 1130 g/mol. The molecule has 0 saturated heterocycles. The molecule has 0 unspecified atom stereocenters. The molecule has 0 bridgehead atoms. The summed E-state index contributed by atoms with van der Waals surface area (Å²) in [6, 6.07) is 61.0. The van der Waals surface area contributed by atoms with Gasteiger partial charge in [0, 0.05) is 72.3 Å². The molecule has 73 heavy (non-hydrogen) atoms. The Kier molecular flexibility index (Phi) is 13.8. The second kappa shape index (κ2) is 20.5. The van der Waals surface area contributed by atoms with Crippen molar-refractivity contribution in [1.82, 2.24) is 19.1 Å². The third kappa shape index (κ3) is 9.29. The molecule has 0 saturated carbocycles. The minimum absolute atomic E-state index is 0. The molecule has 0 spiro atoms. The predicted octanol–water partition coefficient (Wildman–Crippen LogP) is 18.5. The average Bonchev–Trinajstić information content (AvgIpc) is 4.24. The van der Waals surface area contributed by atoms with Gasteiger partial charge in [0.1, 0.15) is 22.6 Å². The third-order valence-corrected chi connectivity index (χ3v) is 14.0. The monoisotopic (exact) mass is 1130 g/mol. The van der Waals surface area contributed by atoms with Crippen LogP contribution in [-0.2, 0) is 20.1 Å². The van der Waals surface area contributed by atoms with Crippen LogP contribution < -0.4 is 0 Å². The van der Waals surface area contributed by atoms with Gasteiger partial charge in [0.2, 0.25) is 0 Å². The minimum Gasteiger partial charge on any atom is -0.500 e. The van der Waals surface area contributed by atoms with Crippen LogP contribution in [0.1, 0.15) is 101 Å². The summed E-state index contributed by atoms with van der Waals surface area (Å²) in [5.41, 5.74) is 18.3. The first-order chi connectivity index (χ1) is 35.0. The van der Waals surface area contributed by atoms with E-state index in [0.717, 1.165) is 66.7 Å². The van der Waals surface area contributed by atoms with E-state index in [1.165, 1.54) is 55.9 Å². The molecule has 0 aliphatic carbocycles. The summed E-state index contributed by atoms with van der Waals surface area (Å²) in [5, 5.41) is 4.44. The third-order valence-electron chi connectivity index (χ3n) is 14.0. The van der Waals surface area contributed by atoms with Gasteiger partial charge in [-0.25, -0.2) is 4.98 Å². The number of hydrogen-bond acceptors (Lipinski definition) is 4. The molecule has 4 aromatic heterocycles. The molecule has 8 aromatic carbocycles. The van der Waals surface area contributed by atoms with Gasteiger partial charge in [0.25, 0.3) is 0 Å². The zero-order valence-corrected chi connectivity index (χ0v) is 45.0. The van der Waals surface area contributed by atoms with E-state index in [9.17, 15) is 0 Å². The summed E-state index contributed by atoms with van der Waals surface area (Å²) >= 11 is 0. The molecule has 6 nitrogen and oxygen atoms in total. The number of furan rings is 2. The molecule has 365 valence electrons. The second-order valence-electron chi connectivity index (χ2n) is 20.1. The zero-order chi connectivity index (χ0) is 49.6. The molecule has 0 aliphatic heterocycles. The van der Waals surface area contributed by atoms with Crippen molar-refractivity contribution in [3.63, 3.8) is 0 Å². The van der Waals surface area contributed by atoms with Crippen LogP contribution in [0.5, 0.6) is 0 Å².